The lowest BCUT2D eigenvalue weighted by atomic mass is 9.91. The summed E-state index contributed by atoms with van der Waals surface area (Å²) >= 11 is 0. The molecule has 7 nitrogen and oxygen atoms in total. The molecule has 10 heteroatoms. The molecule has 0 radical (unpaired) electrons. The van der Waals surface area contributed by atoms with Crippen LogP contribution < -0.4 is 9.64 Å². The van der Waals surface area contributed by atoms with Crippen molar-refractivity contribution in [1.29, 1.82) is 0 Å². The first-order chi connectivity index (χ1) is 21.1. The van der Waals surface area contributed by atoms with Crippen molar-refractivity contribution in [2.45, 2.75) is 45.1 Å². The van der Waals surface area contributed by atoms with E-state index in [1.165, 1.54) is 30.3 Å². The van der Waals surface area contributed by atoms with Crippen molar-refractivity contribution in [2.75, 3.05) is 45.2 Å². The van der Waals surface area contributed by atoms with Crippen LogP contribution in [0.1, 0.15) is 38.2 Å². The average molecular weight is 607 g/mol. The van der Waals surface area contributed by atoms with Crippen molar-refractivity contribution < 1.29 is 28.1 Å². The van der Waals surface area contributed by atoms with E-state index in [1.54, 1.807) is 6.92 Å². The van der Waals surface area contributed by atoms with Crippen LogP contribution in [-0.4, -0.2) is 71.5 Å². The monoisotopic (exact) mass is 606 g/mol. The number of hydrogen-bond acceptors (Lipinski definition) is 7. The lowest BCUT2D eigenvalue weighted by Crippen LogP contribution is -2.38. The Morgan fingerprint density at radius 1 is 1.05 bits per heavy atom. The van der Waals surface area contributed by atoms with Gasteiger partial charge in [0.25, 0.3) is 0 Å². The maximum atomic E-state index is 16.8. The van der Waals surface area contributed by atoms with Crippen LogP contribution in [0.25, 0.3) is 32.8 Å². The van der Waals surface area contributed by atoms with E-state index in [0.717, 1.165) is 25.8 Å². The number of hydrogen-bond donors (Lipinski definition) is 2. The Morgan fingerprint density at radius 3 is 2.55 bits per heavy atom. The van der Waals surface area contributed by atoms with Gasteiger partial charge in [-0.3, -0.25) is 0 Å². The number of aryl methyl sites for hydroxylation is 1. The first-order valence-electron chi connectivity index (χ1n) is 15.4. The maximum Gasteiger partial charge on any atom is 0.319 e. The highest BCUT2D eigenvalue weighted by molar-refractivity contribution is 6.03. The number of halogens is 3. The zero-order chi connectivity index (χ0) is 30.9. The van der Waals surface area contributed by atoms with Crippen molar-refractivity contribution >= 4 is 27.5 Å². The van der Waals surface area contributed by atoms with Gasteiger partial charge in [-0.15, -0.1) is 0 Å². The van der Waals surface area contributed by atoms with Crippen LogP contribution in [-0.2, 0) is 6.42 Å². The van der Waals surface area contributed by atoms with Gasteiger partial charge in [0.2, 0.25) is 0 Å². The van der Waals surface area contributed by atoms with Gasteiger partial charge >= 0.3 is 6.01 Å². The zero-order valence-corrected chi connectivity index (χ0v) is 25.2. The second-order valence-corrected chi connectivity index (χ2v) is 13.3. The van der Waals surface area contributed by atoms with E-state index in [-0.39, 0.29) is 45.5 Å². The Bertz CT molecular complexity index is 1780. The van der Waals surface area contributed by atoms with Crippen molar-refractivity contribution in [2.24, 2.45) is 17.3 Å². The molecule has 44 heavy (non-hydrogen) atoms. The van der Waals surface area contributed by atoms with Gasteiger partial charge in [-0.2, -0.15) is 9.97 Å². The molecule has 1 aromatic heterocycles. The maximum absolute atomic E-state index is 16.8. The molecule has 0 unspecified atom stereocenters. The molecule has 0 amide bonds. The molecule has 3 fully saturated rings. The van der Waals surface area contributed by atoms with Gasteiger partial charge in [-0.1, -0.05) is 13.0 Å². The number of aromatic nitrogens is 2. The Hall–Kier alpha value is -3.63. The largest absolute Gasteiger partial charge is 0.508 e. The van der Waals surface area contributed by atoms with Crippen LogP contribution >= 0.6 is 0 Å². The third-order valence-corrected chi connectivity index (χ3v) is 9.72. The fraction of sp³-hybridized carbons (Fsp3) is 0.471. The van der Waals surface area contributed by atoms with Crippen molar-refractivity contribution in [3.63, 3.8) is 0 Å². The lowest BCUT2D eigenvalue weighted by Gasteiger charge is -2.33. The van der Waals surface area contributed by atoms with E-state index >= 15 is 8.78 Å². The van der Waals surface area contributed by atoms with Crippen LogP contribution in [0.4, 0.5) is 19.0 Å². The highest BCUT2D eigenvalue weighted by atomic mass is 19.1. The quantitative estimate of drug-likeness (QED) is 0.252. The number of benzene rings is 3. The Balaban J connectivity index is 1.41. The van der Waals surface area contributed by atoms with Crippen molar-refractivity contribution in [3.05, 3.63) is 53.3 Å². The molecule has 3 aliphatic rings. The number of nitrogens with zero attached hydrogens (tertiary/aromatic N) is 4. The van der Waals surface area contributed by atoms with Crippen LogP contribution in [0.2, 0.25) is 0 Å². The van der Waals surface area contributed by atoms with Crippen LogP contribution in [0.5, 0.6) is 11.8 Å². The lowest BCUT2D eigenvalue weighted by molar-refractivity contribution is 0.137. The molecule has 2 saturated carbocycles. The summed E-state index contributed by atoms with van der Waals surface area (Å²) < 4.78 is 54.1. The average Bonchev–Trinajstić information content (AvgIpc) is 3.68. The molecule has 4 aromatic rings. The number of phenols is 1. The predicted molar refractivity (Wildman–Crippen MR) is 164 cm³/mol. The van der Waals surface area contributed by atoms with E-state index in [0.29, 0.717) is 54.7 Å². The third kappa shape index (κ3) is 5.01. The summed E-state index contributed by atoms with van der Waals surface area (Å²) in [6.07, 6.45) is 3.48. The summed E-state index contributed by atoms with van der Waals surface area (Å²) in [5, 5.41) is 22.1. The van der Waals surface area contributed by atoms with Gasteiger partial charge in [-0.05, 0) is 98.3 Å². The number of anilines is 1. The van der Waals surface area contributed by atoms with Gasteiger partial charge in [0.15, 0.2) is 5.82 Å². The van der Waals surface area contributed by atoms with Crippen molar-refractivity contribution in [3.8, 4) is 22.9 Å². The summed E-state index contributed by atoms with van der Waals surface area (Å²) in [6, 6.07) is 6.77. The number of aromatic hydroxyl groups is 1. The number of piperidine rings is 1. The van der Waals surface area contributed by atoms with Crippen LogP contribution in [0.3, 0.4) is 0 Å². The number of rotatable bonds is 8. The van der Waals surface area contributed by atoms with Gasteiger partial charge in [0, 0.05) is 36.4 Å². The predicted octanol–water partition coefficient (Wildman–Crippen LogP) is 6.06. The summed E-state index contributed by atoms with van der Waals surface area (Å²) in [6.45, 7) is 4.09. The first kappa shape index (κ1) is 29.1. The molecule has 0 spiro atoms. The molecular weight excluding hydrogens is 569 g/mol. The molecule has 2 N–H and O–H groups in total. The molecule has 1 aliphatic heterocycles. The fourth-order valence-electron chi connectivity index (χ4n) is 7.57. The zero-order valence-electron chi connectivity index (χ0n) is 25.2. The SMILES string of the molecule is CCc1c(F)ccc2cc(O)cc(-c3c(F)cc4c(N5C[C@H]6C[C@@H](C5)[C@H](O)C6)nc(OCC5(CN(C)C)CC5)nc4c3F)c12. The molecule has 3 aromatic carbocycles. The number of aliphatic hydroxyl groups excluding tert-OH is 1. The molecule has 2 bridgehead atoms. The second-order valence-electron chi connectivity index (χ2n) is 13.3. The summed E-state index contributed by atoms with van der Waals surface area (Å²) in [5.74, 6) is -1.80. The minimum Gasteiger partial charge on any atom is -0.508 e. The fourth-order valence-corrected chi connectivity index (χ4v) is 7.57. The van der Waals surface area contributed by atoms with Gasteiger partial charge < -0.3 is 24.7 Å². The number of fused-ring (bicyclic) bond motifs is 4. The van der Waals surface area contributed by atoms with Gasteiger partial charge in [-0.25, -0.2) is 13.2 Å². The van der Waals surface area contributed by atoms with E-state index < -0.39 is 29.1 Å². The van der Waals surface area contributed by atoms with Crippen LogP contribution in [0.15, 0.2) is 30.3 Å². The Morgan fingerprint density at radius 2 is 1.84 bits per heavy atom. The summed E-state index contributed by atoms with van der Waals surface area (Å²) in [4.78, 5) is 13.3. The Kier molecular flexibility index (Phi) is 7.12. The van der Waals surface area contributed by atoms with Gasteiger partial charge in [0.05, 0.1) is 18.3 Å². The standard InChI is InChI=1S/C34H37F3N4O3/c1-4-22-25(35)6-5-19-11-21(42)12-23(28(19)22)29-26(36)13-24-31(30(29)37)38-33(44-17-34(7-8-34)16-40(2)3)39-32(24)41-14-18-9-20(15-41)27(43)10-18/h5-6,11-13,18,20,27,42-43H,4,7-10,14-17H2,1-3H3/t18-,20-,27+/m0/s1. The summed E-state index contributed by atoms with van der Waals surface area (Å²) in [7, 11) is 4.02. The third-order valence-electron chi connectivity index (χ3n) is 9.72. The number of aliphatic hydroxyl groups is 1. The van der Waals surface area contributed by atoms with Crippen molar-refractivity contribution in [1.82, 2.24) is 14.9 Å². The number of phenolic OH excluding ortho intramolecular Hbond substituents is 1. The summed E-state index contributed by atoms with van der Waals surface area (Å²) in [5.41, 5.74) is -0.165. The highest BCUT2D eigenvalue weighted by Gasteiger charge is 2.44. The minimum absolute atomic E-state index is 0.00789. The topological polar surface area (TPSA) is 82.0 Å². The van der Waals surface area contributed by atoms with E-state index in [9.17, 15) is 14.6 Å². The molecule has 3 atom stereocenters. The number of ether oxygens (including phenoxy) is 1. The van der Waals surface area contributed by atoms with E-state index in [4.69, 9.17) is 9.72 Å². The molecule has 232 valence electrons. The molecule has 7 rings (SSSR count). The molecule has 1 saturated heterocycles. The highest BCUT2D eigenvalue weighted by Crippen LogP contribution is 2.47. The van der Waals surface area contributed by atoms with E-state index in [2.05, 4.69) is 9.88 Å². The minimum atomic E-state index is -0.929. The molecule has 2 aliphatic carbocycles. The van der Waals surface area contributed by atoms with Crippen LogP contribution in [0, 0.1) is 34.7 Å². The smallest absolute Gasteiger partial charge is 0.319 e. The molecular formula is C34H37F3N4O3. The second kappa shape index (κ2) is 10.8. The van der Waals surface area contributed by atoms with Gasteiger partial charge in [0.1, 0.15) is 28.7 Å². The normalized spacial score (nSPS) is 22.4. The molecule has 2 heterocycles. The Labute approximate surface area is 254 Å². The first-order valence-corrected chi connectivity index (χ1v) is 15.4. The van der Waals surface area contributed by atoms with E-state index in [1.807, 2.05) is 19.0 Å².